The number of rotatable bonds is 5. The van der Waals surface area contributed by atoms with Crippen molar-refractivity contribution in [1.29, 1.82) is 0 Å². The Hall–Kier alpha value is -2.75. The first-order chi connectivity index (χ1) is 14.2. The molecule has 4 aromatic heterocycles. The van der Waals surface area contributed by atoms with Crippen LogP contribution in [0, 0.1) is 0 Å². The van der Waals surface area contributed by atoms with Crippen LogP contribution in [-0.2, 0) is 12.8 Å². The Labute approximate surface area is 177 Å². The maximum atomic E-state index is 13.0. The number of thioether (sulfide) groups is 1. The molecule has 29 heavy (non-hydrogen) atoms. The summed E-state index contributed by atoms with van der Waals surface area (Å²) in [5.41, 5.74) is 1.81. The van der Waals surface area contributed by atoms with E-state index < -0.39 is 0 Å². The lowest BCUT2D eigenvalue weighted by Crippen LogP contribution is -2.19. The molecule has 144 valence electrons. The van der Waals surface area contributed by atoms with Gasteiger partial charge in [0.1, 0.15) is 4.83 Å². The van der Waals surface area contributed by atoms with Gasteiger partial charge in [0.25, 0.3) is 5.56 Å². The molecule has 0 saturated carbocycles. The summed E-state index contributed by atoms with van der Waals surface area (Å²) < 4.78 is 6.95. The number of benzene rings is 1. The second-order valence-electron chi connectivity index (χ2n) is 6.23. The van der Waals surface area contributed by atoms with Crippen LogP contribution < -0.4 is 5.56 Å². The molecule has 6 nitrogen and oxygen atoms in total. The average molecular weight is 439 g/mol. The Bertz CT molecular complexity index is 1340. The van der Waals surface area contributed by atoms with Crippen LogP contribution in [0.5, 0.6) is 0 Å². The Balaban J connectivity index is 1.42. The fraction of sp³-hybridized carbons (Fsp3) is 0.100. The average Bonchev–Trinajstić information content (AvgIpc) is 3.50. The van der Waals surface area contributed by atoms with Gasteiger partial charge < -0.3 is 4.52 Å². The normalized spacial score (nSPS) is 11.3. The number of thiophene rings is 2. The van der Waals surface area contributed by atoms with Crippen LogP contribution in [0.25, 0.3) is 32.0 Å². The van der Waals surface area contributed by atoms with E-state index in [1.54, 1.807) is 23.0 Å². The van der Waals surface area contributed by atoms with Gasteiger partial charge in [0.15, 0.2) is 5.16 Å². The van der Waals surface area contributed by atoms with Crippen molar-refractivity contribution >= 4 is 44.7 Å². The first kappa shape index (κ1) is 18.3. The summed E-state index contributed by atoms with van der Waals surface area (Å²) in [5.74, 6) is 1.49. The quantitative estimate of drug-likeness (QED) is 0.282. The van der Waals surface area contributed by atoms with Crippen molar-refractivity contribution in [1.82, 2.24) is 19.7 Å². The minimum Gasteiger partial charge on any atom is -0.338 e. The van der Waals surface area contributed by atoms with Crippen LogP contribution in [0.2, 0.25) is 0 Å². The molecule has 0 bridgehead atoms. The molecule has 9 heteroatoms. The van der Waals surface area contributed by atoms with Crippen LogP contribution in [0.1, 0.15) is 5.89 Å². The molecule has 0 atom stereocenters. The van der Waals surface area contributed by atoms with Gasteiger partial charge in [0.2, 0.25) is 11.7 Å². The minimum atomic E-state index is -0.0438. The van der Waals surface area contributed by atoms with Gasteiger partial charge in [-0.25, -0.2) is 4.98 Å². The van der Waals surface area contributed by atoms with Crippen molar-refractivity contribution in [2.45, 2.75) is 10.9 Å². The van der Waals surface area contributed by atoms with Crippen LogP contribution in [-0.4, -0.2) is 19.7 Å². The van der Waals surface area contributed by atoms with Gasteiger partial charge in [0.05, 0.1) is 11.1 Å². The van der Waals surface area contributed by atoms with Gasteiger partial charge in [0, 0.05) is 28.4 Å². The van der Waals surface area contributed by atoms with E-state index in [2.05, 4.69) is 10.1 Å². The molecule has 0 fully saturated rings. The summed E-state index contributed by atoms with van der Waals surface area (Å²) in [6.07, 6.45) is 0. The van der Waals surface area contributed by atoms with E-state index in [1.807, 2.05) is 53.2 Å². The van der Waals surface area contributed by atoms with E-state index in [0.717, 1.165) is 20.8 Å². The Morgan fingerprint density at radius 2 is 1.97 bits per heavy atom. The molecule has 0 N–H and O–H groups in total. The molecular weight excluding hydrogens is 424 g/mol. The van der Waals surface area contributed by atoms with Gasteiger partial charge in [-0.3, -0.25) is 9.36 Å². The summed E-state index contributed by atoms with van der Waals surface area (Å²) in [5, 5.41) is 9.35. The fourth-order valence-corrected chi connectivity index (χ4v) is 5.55. The maximum Gasteiger partial charge on any atom is 0.263 e. The minimum absolute atomic E-state index is 0.0438. The van der Waals surface area contributed by atoms with Crippen molar-refractivity contribution in [2.24, 2.45) is 7.05 Å². The molecule has 0 aliphatic rings. The zero-order valence-electron chi connectivity index (χ0n) is 15.2. The summed E-state index contributed by atoms with van der Waals surface area (Å²) in [6, 6.07) is 13.7. The number of fused-ring (bicyclic) bond motifs is 1. The summed E-state index contributed by atoms with van der Waals surface area (Å²) in [6.45, 7) is 0. The molecule has 5 rings (SSSR count). The third kappa shape index (κ3) is 3.41. The summed E-state index contributed by atoms with van der Waals surface area (Å²) in [7, 11) is 1.75. The van der Waals surface area contributed by atoms with Gasteiger partial charge in [-0.2, -0.15) is 4.98 Å². The third-order valence-corrected chi connectivity index (χ3v) is 7.18. The summed E-state index contributed by atoms with van der Waals surface area (Å²) in [4.78, 5) is 24.0. The van der Waals surface area contributed by atoms with Gasteiger partial charge in [-0.1, -0.05) is 53.3 Å². The molecule has 0 aliphatic heterocycles. The molecule has 0 spiro atoms. The van der Waals surface area contributed by atoms with Crippen molar-refractivity contribution in [2.75, 3.05) is 0 Å². The van der Waals surface area contributed by atoms with E-state index in [-0.39, 0.29) is 5.56 Å². The maximum absolute atomic E-state index is 13.0. The van der Waals surface area contributed by atoms with E-state index in [4.69, 9.17) is 9.51 Å². The van der Waals surface area contributed by atoms with Gasteiger partial charge >= 0.3 is 0 Å². The van der Waals surface area contributed by atoms with Crippen molar-refractivity contribution < 1.29 is 4.52 Å². The SMILES string of the molecule is Cn1c(SCc2nc(-c3ccccc3)no2)nc2scc(-c3cccs3)c2c1=O. The lowest BCUT2D eigenvalue weighted by atomic mass is 10.2. The highest BCUT2D eigenvalue weighted by Gasteiger charge is 2.17. The zero-order chi connectivity index (χ0) is 19.8. The number of hydrogen-bond donors (Lipinski definition) is 0. The molecule has 5 aromatic rings. The largest absolute Gasteiger partial charge is 0.338 e. The Morgan fingerprint density at radius 1 is 1.10 bits per heavy atom. The van der Waals surface area contributed by atoms with Gasteiger partial charge in [-0.05, 0) is 11.4 Å². The van der Waals surface area contributed by atoms with Crippen LogP contribution >= 0.6 is 34.4 Å². The topological polar surface area (TPSA) is 73.8 Å². The number of nitrogens with zero attached hydrogens (tertiary/aromatic N) is 4. The predicted octanol–water partition coefficient (Wildman–Crippen LogP) is 5.07. The second-order valence-corrected chi connectivity index (χ2v) is 8.98. The molecule has 0 radical (unpaired) electrons. The Kier molecular flexibility index (Phi) is 4.78. The molecule has 0 unspecified atom stereocenters. The first-order valence-electron chi connectivity index (χ1n) is 8.73. The van der Waals surface area contributed by atoms with E-state index in [0.29, 0.717) is 28.0 Å². The highest BCUT2D eigenvalue weighted by molar-refractivity contribution is 7.98. The van der Waals surface area contributed by atoms with Gasteiger partial charge in [-0.15, -0.1) is 22.7 Å². The van der Waals surface area contributed by atoms with Crippen molar-refractivity contribution in [3.63, 3.8) is 0 Å². The lowest BCUT2D eigenvalue weighted by molar-refractivity contribution is 0.391. The molecule has 0 saturated heterocycles. The number of hydrogen-bond acceptors (Lipinski definition) is 8. The second kappa shape index (κ2) is 7.58. The zero-order valence-corrected chi connectivity index (χ0v) is 17.7. The summed E-state index contributed by atoms with van der Waals surface area (Å²) >= 11 is 4.52. The fourth-order valence-electron chi connectivity index (χ4n) is 2.94. The molecule has 1 aromatic carbocycles. The molecule has 4 heterocycles. The molecular formula is C20H14N4O2S3. The molecule has 0 amide bonds. The lowest BCUT2D eigenvalue weighted by Gasteiger charge is -2.06. The van der Waals surface area contributed by atoms with Crippen LogP contribution in [0.3, 0.4) is 0 Å². The highest BCUT2D eigenvalue weighted by Crippen LogP contribution is 2.34. The van der Waals surface area contributed by atoms with E-state index in [1.165, 1.54) is 23.1 Å². The van der Waals surface area contributed by atoms with Crippen molar-refractivity contribution in [3.05, 3.63) is 69.5 Å². The number of aromatic nitrogens is 4. The first-order valence-corrected chi connectivity index (χ1v) is 11.5. The molecule has 0 aliphatic carbocycles. The highest BCUT2D eigenvalue weighted by atomic mass is 32.2. The standard InChI is InChI=1S/C20H14N4O2S3/c1-24-19(25)16-13(14-8-5-9-27-14)10-28-18(16)22-20(24)29-11-15-21-17(23-26-15)12-6-3-2-4-7-12/h2-10H,11H2,1H3. The third-order valence-electron chi connectivity index (χ3n) is 4.39. The van der Waals surface area contributed by atoms with E-state index >= 15 is 0 Å². The monoisotopic (exact) mass is 438 g/mol. The smallest absolute Gasteiger partial charge is 0.263 e. The van der Waals surface area contributed by atoms with Crippen LogP contribution in [0.4, 0.5) is 0 Å². The predicted molar refractivity (Wildman–Crippen MR) is 117 cm³/mol. The van der Waals surface area contributed by atoms with Crippen LogP contribution in [0.15, 0.2) is 67.7 Å². The van der Waals surface area contributed by atoms with E-state index in [9.17, 15) is 4.79 Å². The van der Waals surface area contributed by atoms with Crippen molar-refractivity contribution in [3.8, 4) is 21.8 Å². The Morgan fingerprint density at radius 3 is 2.76 bits per heavy atom.